The van der Waals surface area contributed by atoms with E-state index in [2.05, 4.69) is 21.0 Å². The monoisotopic (exact) mass is 380 g/mol. The lowest BCUT2D eigenvalue weighted by molar-refractivity contribution is -0.136. The number of carbonyl (C=O) groups excluding carboxylic acids is 4. The van der Waals surface area contributed by atoms with Crippen LogP contribution in [0.4, 0.5) is 5.69 Å². The third-order valence-electron chi connectivity index (χ3n) is 5.47. The highest BCUT2D eigenvalue weighted by atomic mass is 16.2. The second kappa shape index (κ2) is 7.09. The van der Waals surface area contributed by atoms with Gasteiger partial charge in [-0.3, -0.25) is 34.3 Å². The molecule has 0 radical (unpaired) electrons. The van der Waals surface area contributed by atoms with Gasteiger partial charge in [0.1, 0.15) is 6.04 Å². The van der Waals surface area contributed by atoms with Crippen LogP contribution in [0.5, 0.6) is 0 Å². The maximum absolute atomic E-state index is 13.1. The predicted octanol–water partition coefficient (Wildman–Crippen LogP) is -0.157. The van der Waals surface area contributed by atoms with E-state index in [1.807, 2.05) is 6.07 Å². The normalized spacial score (nSPS) is 22.9. The third kappa shape index (κ3) is 2.94. The van der Waals surface area contributed by atoms with Crippen LogP contribution < -0.4 is 10.2 Å². The molecule has 2 saturated heterocycles. The molecule has 4 rings (SSSR count). The van der Waals surface area contributed by atoms with E-state index < -0.39 is 23.8 Å². The van der Waals surface area contributed by atoms with E-state index in [-0.39, 0.29) is 18.7 Å². The predicted molar refractivity (Wildman–Crippen MR) is 101 cm³/mol. The van der Waals surface area contributed by atoms with E-state index in [9.17, 15) is 19.2 Å². The van der Waals surface area contributed by atoms with E-state index in [0.29, 0.717) is 36.4 Å². The molecule has 0 aromatic heterocycles. The zero-order valence-electron chi connectivity index (χ0n) is 15.3. The third-order valence-corrected chi connectivity index (χ3v) is 5.47. The maximum Gasteiger partial charge on any atom is 0.264 e. The minimum atomic E-state index is -0.953. The molecule has 1 N–H and O–H groups in total. The Morgan fingerprint density at radius 3 is 2.50 bits per heavy atom. The molecule has 1 unspecified atom stereocenters. The van der Waals surface area contributed by atoms with Gasteiger partial charge in [-0.1, -0.05) is 12.0 Å². The first kappa shape index (κ1) is 18.2. The van der Waals surface area contributed by atoms with Gasteiger partial charge in [-0.05, 0) is 18.6 Å². The number of benzene rings is 1. The van der Waals surface area contributed by atoms with Crippen molar-refractivity contribution in [3.63, 3.8) is 0 Å². The number of anilines is 1. The summed E-state index contributed by atoms with van der Waals surface area (Å²) in [5.74, 6) is 0.689. The molecule has 3 heterocycles. The Kier molecular flexibility index (Phi) is 4.61. The van der Waals surface area contributed by atoms with E-state index in [4.69, 9.17) is 6.42 Å². The molecule has 1 aromatic rings. The summed E-state index contributed by atoms with van der Waals surface area (Å²) in [4.78, 5) is 54.9. The van der Waals surface area contributed by atoms with Crippen molar-refractivity contribution in [1.82, 2.24) is 15.1 Å². The van der Waals surface area contributed by atoms with Crippen molar-refractivity contribution < 1.29 is 19.2 Å². The highest BCUT2D eigenvalue weighted by molar-refractivity contribution is 6.25. The SMILES string of the molecule is C#CCN1CCN(c2cccc3c2C(=O)N(C2CCC(=O)NC2=O)C3=O)CC1. The van der Waals surface area contributed by atoms with Gasteiger partial charge in [-0.25, -0.2) is 0 Å². The number of terminal acetylenes is 1. The van der Waals surface area contributed by atoms with Crippen LogP contribution in [-0.4, -0.2) is 72.2 Å². The number of hydrogen-bond acceptors (Lipinski definition) is 6. The Balaban J connectivity index is 1.61. The fourth-order valence-electron chi connectivity index (χ4n) is 4.04. The molecule has 3 aliphatic heterocycles. The Labute approximate surface area is 162 Å². The molecule has 144 valence electrons. The number of amides is 4. The largest absolute Gasteiger partial charge is 0.368 e. The van der Waals surface area contributed by atoms with Crippen LogP contribution in [0, 0.1) is 12.3 Å². The van der Waals surface area contributed by atoms with E-state index in [1.165, 1.54) is 0 Å². The maximum atomic E-state index is 13.1. The van der Waals surface area contributed by atoms with E-state index in [0.717, 1.165) is 18.0 Å². The molecule has 1 atom stereocenters. The topological polar surface area (TPSA) is 90.0 Å². The lowest BCUT2D eigenvalue weighted by Crippen LogP contribution is -2.54. The first-order valence-corrected chi connectivity index (χ1v) is 9.26. The van der Waals surface area contributed by atoms with Crippen molar-refractivity contribution in [3.05, 3.63) is 29.3 Å². The average Bonchev–Trinajstić information content (AvgIpc) is 2.94. The molecule has 0 aliphatic carbocycles. The van der Waals surface area contributed by atoms with Crippen LogP contribution in [0.2, 0.25) is 0 Å². The summed E-state index contributed by atoms with van der Waals surface area (Å²) in [6.45, 7) is 3.51. The zero-order chi connectivity index (χ0) is 19.8. The summed E-state index contributed by atoms with van der Waals surface area (Å²) in [6, 6.07) is 4.24. The fraction of sp³-hybridized carbons (Fsp3) is 0.400. The van der Waals surface area contributed by atoms with Crippen LogP contribution in [0.15, 0.2) is 18.2 Å². The quantitative estimate of drug-likeness (QED) is 0.579. The molecule has 8 nitrogen and oxygen atoms in total. The highest BCUT2D eigenvalue weighted by Crippen LogP contribution is 2.34. The number of piperidine rings is 1. The summed E-state index contributed by atoms with van der Waals surface area (Å²) in [5.41, 5.74) is 1.34. The van der Waals surface area contributed by atoms with Crippen molar-refractivity contribution in [3.8, 4) is 12.3 Å². The molecular weight excluding hydrogens is 360 g/mol. The Morgan fingerprint density at radius 2 is 1.82 bits per heavy atom. The molecular formula is C20H20N4O4. The van der Waals surface area contributed by atoms with Crippen LogP contribution in [-0.2, 0) is 9.59 Å². The Morgan fingerprint density at radius 1 is 1.07 bits per heavy atom. The Bertz CT molecular complexity index is 911. The molecule has 28 heavy (non-hydrogen) atoms. The summed E-state index contributed by atoms with van der Waals surface area (Å²) in [6.07, 6.45) is 5.63. The van der Waals surface area contributed by atoms with Gasteiger partial charge < -0.3 is 4.90 Å². The number of piperazine rings is 1. The van der Waals surface area contributed by atoms with Crippen LogP contribution >= 0.6 is 0 Å². The standard InChI is InChI=1S/C20H20N4O4/c1-2-8-22-9-11-23(12-10-22)14-5-3-4-13-17(14)20(28)24(19(13)27)15-6-7-16(25)21-18(15)26/h1,3-5,15H,6-12H2,(H,21,25,26). The van der Waals surface area contributed by atoms with Gasteiger partial charge in [0.05, 0.1) is 23.4 Å². The van der Waals surface area contributed by atoms with E-state index in [1.54, 1.807) is 12.1 Å². The number of hydrogen-bond donors (Lipinski definition) is 1. The fourth-order valence-corrected chi connectivity index (χ4v) is 4.04. The highest BCUT2D eigenvalue weighted by Gasteiger charge is 2.46. The Hall–Kier alpha value is -3.18. The molecule has 0 bridgehead atoms. The lowest BCUT2D eigenvalue weighted by atomic mass is 10.0. The molecule has 0 spiro atoms. The molecule has 0 saturated carbocycles. The zero-order valence-corrected chi connectivity index (χ0v) is 15.3. The van der Waals surface area contributed by atoms with Gasteiger partial charge >= 0.3 is 0 Å². The number of rotatable bonds is 3. The van der Waals surface area contributed by atoms with Crippen LogP contribution in [0.25, 0.3) is 0 Å². The van der Waals surface area contributed by atoms with Crippen molar-refractivity contribution in [2.24, 2.45) is 0 Å². The second-order valence-corrected chi connectivity index (χ2v) is 7.11. The van der Waals surface area contributed by atoms with Crippen LogP contribution in [0.1, 0.15) is 33.6 Å². The number of fused-ring (bicyclic) bond motifs is 1. The molecule has 8 heteroatoms. The molecule has 2 fully saturated rings. The number of imide groups is 2. The van der Waals surface area contributed by atoms with Crippen molar-refractivity contribution in [2.75, 3.05) is 37.6 Å². The van der Waals surface area contributed by atoms with Crippen LogP contribution in [0.3, 0.4) is 0 Å². The first-order valence-electron chi connectivity index (χ1n) is 9.26. The number of nitrogens with one attached hydrogen (secondary N) is 1. The average molecular weight is 380 g/mol. The molecule has 3 aliphatic rings. The summed E-state index contributed by atoms with van der Waals surface area (Å²) >= 11 is 0. The molecule has 1 aromatic carbocycles. The van der Waals surface area contributed by atoms with Gasteiger partial charge in [0, 0.05) is 32.6 Å². The minimum absolute atomic E-state index is 0.105. The summed E-state index contributed by atoms with van der Waals surface area (Å²) in [7, 11) is 0. The minimum Gasteiger partial charge on any atom is -0.368 e. The summed E-state index contributed by atoms with van der Waals surface area (Å²) in [5, 5.41) is 2.21. The second-order valence-electron chi connectivity index (χ2n) is 7.11. The smallest absolute Gasteiger partial charge is 0.264 e. The van der Waals surface area contributed by atoms with Crippen molar-refractivity contribution in [2.45, 2.75) is 18.9 Å². The van der Waals surface area contributed by atoms with Gasteiger partial charge in [-0.15, -0.1) is 6.42 Å². The number of carbonyl (C=O) groups is 4. The summed E-state index contributed by atoms with van der Waals surface area (Å²) < 4.78 is 0. The van der Waals surface area contributed by atoms with Crippen molar-refractivity contribution >= 4 is 29.3 Å². The van der Waals surface area contributed by atoms with Gasteiger partial charge in [0.2, 0.25) is 11.8 Å². The van der Waals surface area contributed by atoms with Gasteiger partial charge in [0.25, 0.3) is 11.8 Å². The molecule has 4 amide bonds. The van der Waals surface area contributed by atoms with Crippen molar-refractivity contribution in [1.29, 1.82) is 0 Å². The number of nitrogens with zero attached hydrogens (tertiary/aromatic N) is 3. The first-order chi connectivity index (χ1) is 13.5. The van der Waals surface area contributed by atoms with Gasteiger partial charge in [0.15, 0.2) is 0 Å². The lowest BCUT2D eigenvalue weighted by Gasteiger charge is -2.36. The van der Waals surface area contributed by atoms with E-state index >= 15 is 0 Å². The van der Waals surface area contributed by atoms with Gasteiger partial charge in [-0.2, -0.15) is 0 Å².